The molecule has 3 N–H and O–H groups in total. The van der Waals surface area contributed by atoms with Crippen molar-refractivity contribution in [2.75, 3.05) is 26.3 Å². The second-order valence-electron chi connectivity index (χ2n) is 6.75. The van der Waals surface area contributed by atoms with E-state index in [1.54, 1.807) is 0 Å². The molecule has 1 aliphatic carbocycles. The summed E-state index contributed by atoms with van der Waals surface area (Å²) in [5.41, 5.74) is 7.16. The Morgan fingerprint density at radius 1 is 1.29 bits per heavy atom. The van der Waals surface area contributed by atoms with Crippen LogP contribution in [0.15, 0.2) is 29.3 Å². The highest BCUT2D eigenvalue weighted by Crippen LogP contribution is 2.38. The molecule has 2 fully saturated rings. The summed E-state index contributed by atoms with van der Waals surface area (Å²) < 4.78 is 5.56. The van der Waals surface area contributed by atoms with Gasteiger partial charge in [-0.2, -0.15) is 0 Å². The van der Waals surface area contributed by atoms with Gasteiger partial charge in [-0.1, -0.05) is 36.2 Å². The van der Waals surface area contributed by atoms with E-state index in [1.807, 2.05) is 18.2 Å². The van der Waals surface area contributed by atoms with Crippen molar-refractivity contribution in [1.82, 2.24) is 5.32 Å². The zero-order chi connectivity index (χ0) is 16.1. The Bertz CT molecular complexity index is 557. The van der Waals surface area contributed by atoms with E-state index in [2.05, 4.69) is 16.4 Å². The maximum Gasteiger partial charge on any atom is 0.188 e. The molecular weight excluding hydrogens is 437 g/mol. The second-order valence-corrected chi connectivity index (χ2v) is 7.16. The molecule has 0 atom stereocenters. The van der Waals surface area contributed by atoms with Crippen molar-refractivity contribution < 1.29 is 4.74 Å². The van der Waals surface area contributed by atoms with Crippen LogP contribution in [0, 0.1) is 5.92 Å². The summed E-state index contributed by atoms with van der Waals surface area (Å²) in [5.74, 6) is 1.32. The number of aliphatic imine (C=N–C) groups is 1. The summed E-state index contributed by atoms with van der Waals surface area (Å²) in [6, 6.07) is 8.08. The molecule has 1 aromatic carbocycles. The average molecular weight is 464 g/mol. The first-order valence-electron chi connectivity index (χ1n) is 8.56. The van der Waals surface area contributed by atoms with Crippen molar-refractivity contribution in [3.63, 3.8) is 0 Å². The maximum absolute atomic E-state index is 6.46. The number of guanidine groups is 1. The Labute approximate surface area is 166 Å². The largest absolute Gasteiger partial charge is 0.381 e. The lowest BCUT2D eigenvalue weighted by Crippen LogP contribution is -2.41. The number of nitrogens with zero attached hydrogens (tertiary/aromatic N) is 1. The van der Waals surface area contributed by atoms with Gasteiger partial charge in [0.05, 0.1) is 6.54 Å². The molecule has 1 heterocycles. The van der Waals surface area contributed by atoms with Crippen LogP contribution in [0.1, 0.15) is 37.7 Å². The van der Waals surface area contributed by atoms with E-state index in [-0.39, 0.29) is 29.4 Å². The van der Waals surface area contributed by atoms with Crippen LogP contribution in [0.2, 0.25) is 5.02 Å². The fourth-order valence-electron chi connectivity index (χ4n) is 3.40. The predicted molar refractivity (Wildman–Crippen MR) is 110 cm³/mol. The highest BCUT2D eigenvalue weighted by Gasteiger charge is 2.36. The van der Waals surface area contributed by atoms with Gasteiger partial charge in [-0.25, -0.2) is 0 Å². The van der Waals surface area contributed by atoms with Crippen molar-refractivity contribution in [1.29, 1.82) is 0 Å². The smallest absolute Gasteiger partial charge is 0.188 e. The van der Waals surface area contributed by atoms with E-state index in [1.165, 1.54) is 24.8 Å². The van der Waals surface area contributed by atoms with Gasteiger partial charge in [0.15, 0.2) is 5.96 Å². The Morgan fingerprint density at radius 3 is 2.62 bits per heavy atom. The normalized spacial score (nSPS) is 20.8. The van der Waals surface area contributed by atoms with Crippen molar-refractivity contribution in [2.24, 2.45) is 16.6 Å². The van der Waals surface area contributed by atoms with Gasteiger partial charge in [0.2, 0.25) is 0 Å². The molecule has 6 heteroatoms. The van der Waals surface area contributed by atoms with Crippen LogP contribution in [0.4, 0.5) is 0 Å². The molecule has 1 aromatic rings. The second kappa shape index (κ2) is 9.25. The SMILES string of the molecule is I.NC(=NCC1(c2ccccc2Cl)CCOCC1)NCC1CCC1. The Balaban J connectivity index is 0.00000208. The fraction of sp³-hybridized carbons (Fsp3) is 0.611. The number of ether oxygens (including phenoxy) is 1. The Hall–Kier alpha value is -0.530. The van der Waals surface area contributed by atoms with Crippen molar-refractivity contribution in [3.8, 4) is 0 Å². The minimum Gasteiger partial charge on any atom is -0.381 e. The van der Waals surface area contributed by atoms with Gasteiger partial charge >= 0.3 is 0 Å². The molecular formula is C18H27ClIN3O. The monoisotopic (exact) mass is 463 g/mol. The predicted octanol–water partition coefficient (Wildman–Crippen LogP) is 3.71. The molecule has 4 nitrogen and oxygen atoms in total. The van der Waals surface area contributed by atoms with Crippen LogP contribution in [0.3, 0.4) is 0 Å². The number of nitrogens with two attached hydrogens (primary N) is 1. The number of hydrogen-bond donors (Lipinski definition) is 2. The molecule has 1 saturated heterocycles. The van der Waals surface area contributed by atoms with Gasteiger partial charge in [-0.3, -0.25) is 4.99 Å². The molecule has 0 radical (unpaired) electrons. The number of nitrogens with one attached hydrogen (secondary N) is 1. The first-order valence-corrected chi connectivity index (χ1v) is 8.94. The van der Waals surface area contributed by atoms with Crippen LogP contribution >= 0.6 is 35.6 Å². The highest BCUT2D eigenvalue weighted by atomic mass is 127. The quantitative estimate of drug-likeness (QED) is 0.398. The van der Waals surface area contributed by atoms with E-state index in [0.717, 1.165) is 43.5 Å². The molecule has 0 bridgehead atoms. The van der Waals surface area contributed by atoms with E-state index in [0.29, 0.717) is 12.5 Å². The van der Waals surface area contributed by atoms with Gasteiger partial charge in [-0.15, -0.1) is 24.0 Å². The summed E-state index contributed by atoms with van der Waals surface area (Å²) in [4.78, 5) is 4.64. The van der Waals surface area contributed by atoms with Crippen LogP contribution in [-0.2, 0) is 10.2 Å². The summed E-state index contributed by atoms with van der Waals surface area (Å²) >= 11 is 6.46. The molecule has 2 aliphatic rings. The minimum atomic E-state index is -0.0701. The van der Waals surface area contributed by atoms with Crippen LogP contribution in [0.5, 0.6) is 0 Å². The third kappa shape index (κ3) is 4.76. The zero-order valence-electron chi connectivity index (χ0n) is 14.0. The van der Waals surface area contributed by atoms with Crippen molar-refractivity contribution in [3.05, 3.63) is 34.9 Å². The number of halogens is 2. The lowest BCUT2D eigenvalue weighted by Gasteiger charge is -2.37. The maximum atomic E-state index is 6.46. The molecule has 1 aliphatic heterocycles. The average Bonchev–Trinajstić information content (AvgIpc) is 2.53. The van der Waals surface area contributed by atoms with E-state index in [4.69, 9.17) is 22.1 Å². The summed E-state index contributed by atoms with van der Waals surface area (Å²) in [6.07, 6.45) is 5.81. The van der Waals surface area contributed by atoms with E-state index >= 15 is 0 Å². The van der Waals surface area contributed by atoms with Gasteiger partial charge in [0.25, 0.3) is 0 Å². The third-order valence-corrected chi connectivity index (χ3v) is 5.57. The first-order chi connectivity index (χ1) is 11.2. The molecule has 134 valence electrons. The Kier molecular flexibility index (Phi) is 7.62. The van der Waals surface area contributed by atoms with E-state index < -0.39 is 0 Å². The lowest BCUT2D eigenvalue weighted by molar-refractivity contribution is 0.0531. The van der Waals surface area contributed by atoms with Gasteiger partial charge < -0.3 is 15.8 Å². The molecule has 3 rings (SSSR count). The first kappa shape index (κ1) is 19.8. The highest BCUT2D eigenvalue weighted by molar-refractivity contribution is 14.0. The Morgan fingerprint density at radius 2 is 2.00 bits per heavy atom. The summed E-state index contributed by atoms with van der Waals surface area (Å²) in [5, 5.41) is 4.08. The zero-order valence-corrected chi connectivity index (χ0v) is 17.1. The third-order valence-electron chi connectivity index (χ3n) is 5.24. The topological polar surface area (TPSA) is 59.6 Å². The molecule has 0 spiro atoms. The summed E-state index contributed by atoms with van der Waals surface area (Å²) in [6.45, 7) is 3.09. The van der Waals surface area contributed by atoms with E-state index in [9.17, 15) is 0 Å². The molecule has 0 aromatic heterocycles. The molecule has 0 unspecified atom stereocenters. The van der Waals surface area contributed by atoms with Crippen molar-refractivity contribution >= 4 is 41.5 Å². The van der Waals surface area contributed by atoms with Crippen LogP contribution in [0.25, 0.3) is 0 Å². The number of benzene rings is 1. The lowest BCUT2D eigenvalue weighted by atomic mass is 9.74. The summed E-state index contributed by atoms with van der Waals surface area (Å²) in [7, 11) is 0. The number of rotatable bonds is 5. The molecule has 24 heavy (non-hydrogen) atoms. The molecule has 1 saturated carbocycles. The van der Waals surface area contributed by atoms with Crippen LogP contribution < -0.4 is 11.1 Å². The number of hydrogen-bond acceptors (Lipinski definition) is 2. The van der Waals surface area contributed by atoms with Gasteiger partial charge in [0.1, 0.15) is 0 Å². The van der Waals surface area contributed by atoms with Gasteiger partial charge in [-0.05, 0) is 43.2 Å². The standard InChI is InChI=1S/C18H26ClN3O.HI/c19-16-7-2-1-6-15(16)18(8-10-23-11-9-18)13-22-17(20)21-12-14-4-3-5-14;/h1-2,6-7,14H,3-5,8-13H2,(H3,20,21,22);1H. The van der Waals surface area contributed by atoms with Crippen molar-refractivity contribution in [2.45, 2.75) is 37.5 Å². The van der Waals surface area contributed by atoms with Crippen LogP contribution in [-0.4, -0.2) is 32.3 Å². The minimum absolute atomic E-state index is 0. The molecule has 0 amide bonds. The fourth-order valence-corrected chi connectivity index (χ4v) is 3.74. The van der Waals surface area contributed by atoms with Gasteiger partial charge in [0, 0.05) is 30.2 Å².